The molecule has 4 rings (SSSR count). The van der Waals surface area contributed by atoms with Crippen LogP contribution >= 0.6 is 11.3 Å². The summed E-state index contributed by atoms with van der Waals surface area (Å²) in [7, 11) is 0. The van der Waals surface area contributed by atoms with Gasteiger partial charge in [0.15, 0.2) is 6.61 Å². The highest BCUT2D eigenvalue weighted by molar-refractivity contribution is 7.12. The van der Waals surface area contributed by atoms with E-state index >= 15 is 0 Å². The van der Waals surface area contributed by atoms with Crippen LogP contribution < -0.4 is 15.5 Å². The normalized spacial score (nSPS) is 13.0. The average molecular weight is 464 g/mol. The van der Waals surface area contributed by atoms with Crippen LogP contribution in [-0.4, -0.2) is 36.8 Å². The van der Waals surface area contributed by atoms with E-state index in [-0.39, 0.29) is 17.4 Å². The van der Waals surface area contributed by atoms with E-state index < -0.39 is 18.5 Å². The maximum absolute atomic E-state index is 12.3. The fourth-order valence-electron chi connectivity index (χ4n) is 3.37. The lowest BCUT2D eigenvalue weighted by Crippen LogP contribution is -2.24. The predicted octanol–water partition coefficient (Wildman–Crippen LogP) is 3.92. The Bertz CT molecular complexity index is 1180. The Labute approximate surface area is 194 Å². The van der Waals surface area contributed by atoms with Gasteiger partial charge in [0, 0.05) is 30.0 Å². The summed E-state index contributed by atoms with van der Waals surface area (Å²) in [5, 5.41) is 7.23. The molecular weight excluding hydrogens is 442 g/mol. The number of esters is 1. The van der Waals surface area contributed by atoms with Crippen LogP contribution in [0.25, 0.3) is 0 Å². The monoisotopic (exact) mass is 463 g/mol. The number of benzene rings is 2. The summed E-state index contributed by atoms with van der Waals surface area (Å²) < 4.78 is 5.09. The van der Waals surface area contributed by atoms with E-state index in [9.17, 15) is 19.2 Å². The Morgan fingerprint density at radius 3 is 2.48 bits per heavy atom. The highest BCUT2D eigenvalue weighted by Crippen LogP contribution is 2.24. The van der Waals surface area contributed by atoms with Gasteiger partial charge in [-0.1, -0.05) is 12.1 Å². The topological polar surface area (TPSA) is 105 Å². The fourth-order valence-corrected chi connectivity index (χ4v) is 3.99. The molecule has 1 aliphatic heterocycles. The molecule has 8 nitrogen and oxygen atoms in total. The van der Waals surface area contributed by atoms with Gasteiger partial charge in [0.05, 0.1) is 10.4 Å². The Balaban J connectivity index is 1.27. The second-order valence-electron chi connectivity index (χ2n) is 7.33. The number of nitrogens with zero attached hydrogens (tertiary/aromatic N) is 1. The van der Waals surface area contributed by atoms with Crippen molar-refractivity contribution in [2.75, 3.05) is 28.7 Å². The number of carbonyl (C=O) groups is 4. The van der Waals surface area contributed by atoms with Crippen LogP contribution in [0.1, 0.15) is 32.9 Å². The third-order valence-electron chi connectivity index (χ3n) is 4.97. The van der Waals surface area contributed by atoms with Gasteiger partial charge in [-0.15, -0.1) is 11.3 Å². The number of hydrogen-bond acceptors (Lipinski definition) is 6. The number of anilines is 3. The predicted molar refractivity (Wildman–Crippen MR) is 126 cm³/mol. The van der Waals surface area contributed by atoms with Gasteiger partial charge >= 0.3 is 5.97 Å². The van der Waals surface area contributed by atoms with E-state index in [0.717, 1.165) is 12.1 Å². The molecule has 1 fully saturated rings. The third kappa shape index (κ3) is 5.64. The number of thiophene rings is 1. The standard InChI is InChI=1S/C24H21N3O5S/c28-21(25-18-4-1-5-19(14-18)27-12-2-7-22(27)29)15-32-24(31)16-8-10-17(11-9-16)26-23(30)20-6-3-13-33-20/h1,3-6,8-11,13-14H,2,7,12,15H2,(H,25,28)(H,26,30). The maximum Gasteiger partial charge on any atom is 0.338 e. The van der Waals surface area contributed by atoms with Crippen molar-refractivity contribution in [1.29, 1.82) is 0 Å². The van der Waals surface area contributed by atoms with Crippen LogP contribution in [0.4, 0.5) is 17.1 Å². The molecule has 0 atom stereocenters. The van der Waals surface area contributed by atoms with E-state index in [2.05, 4.69) is 10.6 Å². The van der Waals surface area contributed by atoms with E-state index in [4.69, 9.17) is 4.74 Å². The quantitative estimate of drug-likeness (QED) is 0.517. The number of nitrogens with one attached hydrogen (secondary N) is 2. The maximum atomic E-state index is 12.3. The van der Waals surface area contributed by atoms with Crippen molar-refractivity contribution in [3.63, 3.8) is 0 Å². The van der Waals surface area contributed by atoms with Crippen LogP contribution in [0, 0.1) is 0 Å². The molecule has 1 aliphatic rings. The first kappa shape index (κ1) is 22.2. The average Bonchev–Trinajstić information content (AvgIpc) is 3.50. The molecule has 3 aromatic rings. The Morgan fingerprint density at radius 2 is 1.79 bits per heavy atom. The molecule has 33 heavy (non-hydrogen) atoms. The van der Waals surface area contributed by atoms with Crippen LogP contribution in [0.5, 0.6) is 0 Å². The number of amides is 3. The smallest absolute Gasteiger partial charge is 0.338 e. The number of carbonyl (C=O) groups excluding carboxylic acids is 4. The van der Waals surface area contributed by atoms with E-state index in [1.54, 1.807) is 47.4 Å². The Kier molecular flexibility index (Phi) is 6.80. The highest BCUT2D eigenvalue weighted by Gasteiger charge is 2.22. The van der Waals surface area contributed by atoms with Gasteiger partial charge in [0.1, 0.15) is 0 Å². The molecule has 2 aromatic carbocycles. The van der Waals surface area contributed by atoms with Gasteiger partial charge in [0.25, 0.3) is 11.8 Å². The lowest BCUT2D eigenvalue weighted by Gasteiger charge is -2.16. The number of hydrogen-bond donors (Lipinski definition) is 2. The molecule has 9 heteroatoms. The van der Waals surface area contributed by atoms with Crippen molar-refractivity contribution >= 4 is 52.1 Å². The number of ether oxygens (including phenoxy) is 1. The van der Waals surface area contributed by atoms with Crippen LogP contribution in [-0.2, 0) is 14.3 Å². The minimum atomic E-state index is -0.655. The van der Waals surface area contributed by atoms with Gasteiger partial charge in [-0.05, 0) is 60.3 Å². The molecule has 0 saturated carbocycles. The summed E-state index contributed by atoms with van der Waals surface area (Å²) in [5.41, 5.74) is 2.03. The SMILES string of the molecule is O=C(COC(=O)c1ccc(NC(=O)c2cccs2)cc1)Nc1cccc(N2CCCC2=O)c1. The lowest BCUT2D eigenvalue weighted by atomic mass is 10.2. The Hall–Kier alpha value is -3.98. The second kappa shape index (κ2) is 10.1. The molecule has 0 bridgehead atoms. The molecule has 168 valence electrons. The minimum absolute atomic E-state index is 0.0597. The third-order valence-corrected chi connectivity index (χ3v) is 5.84. The summed E-state index contributed by atoms with van der Waals surface area (Å²) in [5.74, 6) is -1.31. The molecule has 0 radical (unpaired) electrons. The molecule has 1 saturated heterocycles. The van der Waals surface area contributed by atoms with Crippen molar-refractivity contribution in [2.24, 2.45) is 0 Å². The van der Waals surface area contributed by atoms with Crippen molar-refractivity contribution in [2.45, 2.75) is 12.8 Å². The number of rotatable bonds is 7. The summed E-state index contributed by atoms with van der Waals surface area (Å²) >= 11 is 1.33. The zero-order valence-corrected chi connectivity index (χ0v) is 18.4. The summed E-state index contributed by atoms with van der Waals surface area (Å²) in [6.45, 7) is 0.201. The molecule has 3 amide bonds. The molecule has 2 heterocycles. The molecule has 0 aliphatic carbocycles. The minimum Gasteiger partial charge on any atom is -0.452 e. The zero-order chi connectivity index (χ0) is 23.2. The summed E-state index contributed by atoms with van der Waals surface area (Å²) in [6.07, 6.45) is 1.34. The van der Waals surface area contributed by atoms with Crippen molar-refractivity contribution in [1.82, 2.24) is 0 Å². The first-order valence-corrected chi connectivity index (χ1v) is 11.2. The van der Waals surface area contributed by atoms with Gasteiger partial charge < -0.3 is 20.3 Å². The Morgan fingerprint density at radius 1 is 0.970 bits per heavy atom. The summed E-state index contributed by atoms with van der Waals surface area (Å²) in [4.78, 5) is 50.7. The van der Waals surface area contributed by atoms with Gasteiger partial charge in [-0.3, -0.25) is 14.4 Å². The van der Waals surface area contributed by atoms with E-state index in [1.165, 1.54) is 23.5 Å². The van der Waals surface area contributed by atoms with Crippen molar-refractivity contribution < 1.29 is 23.9 Å². The second-order valence-corrected chi connectivity index (χ2v) is 8.28. The molecular formula is C24H21N3O5S. The highest BCUT2D eigenvalue weighted by atomic mass is 32.1. The summed E-state index contributed by atoms with van der Waals surface area (Å²) in [6, 6.07) is 16.7. The van der Waals surface area contributed by atoms with Crippen molar-refractivity contribution in [3.05, 3.63) is 76.5 Å². The van der Waals surface area contributed by atoms with Crippen LogP contribution in [0.2, 0.25) is 0 Å². The molecule has 2 N–H and O–H groups in total. The molecule has 0 unspecified atom stereocenters. The van der Waals surface area contributed by atoms with Crippen LogP contribution in [0.15, 0.2) is 66.0 Å². The first-order chi connectivity index (χ1) is 16.0. The lowest BCUT2D eigenvalue weighted by molar-refractivity contribution is -0.119. The first-order valence-electron chi connectivity index (χ1n) is 10.3. The fraction of sp³-hybridized carbons (Fsp3) is 0.167. The largest absolute Gasteiger partial charge is 0.452 e. The van der Waals surface area contributed by atoms with Gasteiger partial charge in [0.2, 0.25) is 5.91 Å². The molecule has 1 aromatic heterocycles. The van der Waals surface area contributed by atoms with Crippen LogP contribution in [0.3, 0.4) is 0 Å². The van der Waals surface area contributed by atoms with Gasteiger partial charge in [-0.25, -0.2) is 4.79 Å². The van der Waals surface area contributed by atoms with Crippen molar-refractivity contribution in [3.8, 4) is 0 Å². The van der Waals surface area contributed by atoms with Gasteiger partial charge in [-0.2, -0.15) is 0 Å². The van der Waals surface area contributed by atoms with E-state index in [0.29, 0.717) is 29.2 Å². The zero-order valence-electron chi connectivity index (χ0n) is 17.6. The molecule has 0 spiro atoms. The van der Waals surface area contributed by atoms with E-state index in [1.807, 2.05) is 11.4 Å².